The summed E-state index contributed by atoms with van der Waals surface area (Å²) in [7, 11) is 0. The van der Waals surface area contributed by atoms with Crippen LogP contribution in [0.4, 0.5) is 0 Å². The number of nitrogens with one attached hydrogen (secondary N) is 1. The lowest BCUT2D eigenvalue weighted by Crippen LogP contribution is -2.72. The number of hydrazone groups is 1. The van der Waals surface area contributed by atoms with Gasteiger partial charge in [-0.1, -0.05) is 23.7 Å². The first kappa shape index (κ1) is 10.5. The molecule has 0 heterocycles. The first-order chi connectivity index (χ1) is 6.59. The molecule has 5 N–H and O–H groups in total. The molecule has 0 aliphatic rings. The summed E-state index contributed by atoms with van der Waals surface area (Å²) >= 11 is 5.82. The average molecular weight is 212 g/mol. The second kappa shape index (κ2) is 4.62. The molecule has 4 nitrogen and oxygen atoms in total. The van der Waals surface area contributed by atoms with Crippen molar-refractivity contribution >= 4 is 23.3 Å². The fourth-order valence-electron chi connectivity index (χ4n) is 0.926. The van der Waals surface area contributed by atoms with Crippen LogP contribution in [-0.4, -0.2) is 11.7 Å². The normalized spacial score (nSPS) is 11.1. The third kappa shape index (κ3) is 3.06. The largest absolute Gasteiger partial charge is 0.362 e. The number of hydrogen-bond donors (Lipinski definition) is 3. The molecule has 0 aliphatic heterocycles. The smallest absolute Gasteiger partial charge is 0.289 e. The molecule has 0 radical (unpaired) electrons. The van der Waals surface area contributed by atoms with E-state index in [0.717, 1.165) is 11.3 Å². The summed E-state index contributed by atoms with van der Waals surface area (Å²) < 4.78 is 0. The van der Waals surface area contributed by atoms with Crippen LogP contribution < -0.4 is 16.6 Å². The number of nitrogens with zero attached hydrogens (tertiary/aromatic N) is 1. The third-order valence-corrected chi connectivity index (χ3v) is 1.83. The highest BCUT2D eigenvalue weighted by atomic mass is 35.5. The summed E-state index contributed by atoms with van der Waals surface area (Å²) in [6.45, 7) is 1.83. The zero-order valence-electron chi connectivity index (χ0n) is 7.79. The van der Waals surface area contributed by atoms with E-state index in [1.54, 1.807) is 6.07 Å². The standard InChI is InChI=1S/C9H11ClN4/c1-6(13-14-9(11)12)7-3-2-4-8(10)5-7/h2-5H,1H3,(H4,11,12,14)/p+1/b13-6-. The quantitative estimate of drug-likeness (QED) is 0.348. The van der Waals surface area contributed by atoms with Crippen molar-refractivity contribution in [2.75, 3.05) is 0 Å². The van der Waals surface area contributed by atoms with Crippen molar-refractivity contribution in [1.29, 1.82) is 0 Å². The summed E-state index contributed by atoms with van der Waals surface area (Å²) in [6.07, 6.45) is 0. The molecule has 0 amide bonds. The van der Waals surface area contributed by atoms with E-state index in [2.05, 4.69) is 10.2 Å². The number of halogens is 1. The average Bonchev–Trinajstić information content (AvgIpc) is 2.14. The molecule has 0 unspecified atom stereocenters. The molecule has 74 valence electrons. The lowest BCUT2D eigenvalue weighted by Gasteiger charge is -1.97. The first-order valence-corrected chi connectivity index (χ1v) is 4.41. The molecule has 0 spiro atoms. The Kier molecular flexibility index (Phi) is 3.48. The van der Waals surface area contributed by atoms with E-state index in [1.807, 2.05) is 25.1 Å². The molecule has 0 atom stereocenters. The van der Waals surface area contributed by atoms with Crippen molar-refractivity contribution in [3.63, 3.8) is 0 Å². The van der Waals surface area contributed by atoms with Gasteiger partial charge in [-0.25, -0.2) is 0 Å². The van der Waals surface area contributed by atoms with Crippen LogP contribution >= 0.6 is 11.6 Å². The monoisotopic (exact) mass is 211 g/mol. The lowest BCUT2D eigenvalue weighted by atomic mass is 10.1. The number of hydrogen-bond acceptors (Lipinski definition) is 1. The van der Waals surface area contributed by atoms with Crippen LogP contribution in [0.25, 0.3) is 0 Å². The Bertz CT molecular complexity index is 380. The van der Waals surface area contributed by atoms with Gasteiger partial charge >= 0.3 is 5.96 Å². The highest BCUT2D eigenvalue weighted by Gasteiger charge is 1.98. The molecule has 0 saturated heterocycles. The van der Waals surface area contributed by atoms with E-state index in [1.165, 1.54) is 0 Å². The molecule has 0 fully saturated rings. The first-order valence-electron chi connectivity index (χ1n) is 4.03. The molecule has 0 aliphatic carbocycles. The van der Waals surface area contributed by atoms with Crippen molar-refractivity contribution in [1.82, 2.24) is 0 Å². The van der Waals surface area contributed by atoms with Crippen molar-refractivity contribution in [3.8, 4) is 0 Å². The minimum Gasteiger partial charge on any atom is -0.289 e. The summed E-state index contributed by atoms with van der Waals surface area (Å²) in [5.41, 5.74) is 12.1. The van der Waals surface area contributed by atoms with Gasteiger partial charge in [-0.3, -0.25) is 11.5 Å². The summed E-state index contributed by atoms with van der Waals surface area (Å²) in [5.74, 6) is 0.0615. The molecule has 1 aromatic rings. The minimum absolute atomic E-state index is 0.0615. The second-order valence-electron chi connectivity index (χ2n) is 2.77. The van der Waals surface area contributed by atoms with Crippen LogP contribution in [0.1, 0.15) is 12.5 Å². The summed E-state index contributed by atoms with van der Waals surface area (Å²) in [5, 5.41) is 7.10. The molecule has 0 aromatic heterocycles. The Morgan fingerprint density at radius 2 is 2.14 bits per heavy atom. The maximum absolute atomic E-state index is 5.82. The van der Waals surface area contributed by atoms with Crippen LogP contribution in [0, 0.1) is 0 Å². The van der Waals surface area contributed by atoms with Gasteiger partial charge in [0.15, 0.2) is 0 Å². The zero-order chi connectivity index (χ0) is 10.6. The Labute approximate surface area is 87.3 Å². The van der Waals surface area contributed by atoms with Crippen molar-refractivity contribution in [2.24, 2.45) is 16.6 Å². The number of rotatable bonds is 2. The van der Waals surface area contributed by atoms with Gasteiger partial charge in [0.25, 0.3) is 0 Å². The van der Waals surface area contributed by atoms with E-state index in [-0.39, 0.29) is 5.96 Å². The molecule has 1 rings (SSSR count). The fraction of sp³-hybridized carbons (Fsp3) is 0.111. The number of benzene rings is 1. The highest BCUT2D eigenvalue weighted by Crippen LogP contribution is 2.10. The van der Waals surface area contributed by atoms with Gasteiger partial charge < -0.3 is 0 Å². The molecular formula is C9H12ClN4+. The van der Waals surface area contributed by atoms with E-state index < -0.39 is 0 Å². The molecule has 14 heavy (non-hydrogen) atoms. The number of nitrogens with two attached hydrogens (primary N) is 2. The Hall–Kier alpha value is -1.55. The van der Waals surface area contributed by atoms with Crippen LogP contribution in [0.3, 0.4) is 0 Å². The highest BCUT2D eigenvalue weighted by molar-refractivity contribution is 6.31. The van der Waals surface area contributed by atoms with E-state index in [4.69, 9.17) is 23.1 Å². The lowest BCUT2D eigenvalue weighted by molar-refractivity contribution is -0.464. The number of guanidine groups is 1. The van der Waals surface area contributed by atoms with Crippen LogP contribution in [0.5, 0.6) is 0 Å². The SMILES string of the molecule is C/C(=N/[NH+]=C(N)N)c1cccc(Cl)c1. The van der Waals surface area contributed by atoms with Crippen molar-refractivity contribution in [3.05, 3.63) is 34.9 Å². The van der Waals surface area contributed by atoms with Gasteiger partial charge in [0.1, 0.15) is 0 Å². The van der Waals surface area contributed by atoms with Crippen LogP contribution in [0.15, 0.2) is 29.4 Å². The van der Waals surface area contributed by atoms with E-state index in [9.17, 15) is 0 Å². The molecular weight excluding hydrogens is 200 g/mol. The Balaban J connectivity index is 2.95. The van der Waals surface area contributed by atoms with Gasteiger partial charge in [0.05, 0.1) is 5.71 Å². The maximum atomic E-state index is 5.82. The predicted octanol–water partition coefficient (Wildman–Crippen LogP) is -0.582. The van der Waals surface area contributed by atoms with Gasteiger partial charge in [-0.05, 0) is 19.1 Å². The fourth-order valence-corrected chi connectivity index (χ4v) is 1.12. The molecule has 0 saturated carbocycles. The topological polar surface area (TPSA) is 78.4 Å². The second-order valence-corrected chi connectivity index (χ2v) is 3.21. The third-order valence-electron chi connectivity index (χ3n) is 1.60. The van der Waals surface area contributed by atoms with Gasteiger partial charge in [0, 0.05) is 10.6 Å². The summed E-state index contributed by atoms with van der Waals surface area (Å²) in [6, 6.07) is 7.37. The van der Waals surface area contributed by atoms with Crippen molar-refractivity contribution < 1.29 is 5.10 Å². The van der Waals surface area contributed by atoms with Gasteiger partial charge in [-0.15, -0.1) is 5.10 Å². The van der Waals surface area contributed by atoms with Gasteiger partial charge in [-0.2, -0.15) is 5.10 Å². The van der Waals surface area contributed by atoms with Crippen LogP contribution in [-0.2, 0) is 0 Å². The van der Waals surface area contributed by atoms with E-state index >= 15 is 0 Å². The van der Waals surface area contributed by atoms with Gasteiger partial charge in [0.2, 0.25) is 0 Å². The zero-order valence-corrected chi connectivity index (χ0v) is 8.55. The van der Waals surface area contributed by atoms with Crippen molar-refractivity contribution in [2.45, 2.75) is 6.92 Å². The maximum Gasteiger partial charge on any atom is 0.362 e. The Morgan fingerprint density at radius 1 is 1.43 bits per heavy atom. The molecule has 1 aromatic carbocycles. The van der Waals surface area contributed by atoms with E-state index in [0.29, 0.717) is 5.02 Å². The minimum atomic E-state index is 0.0615. The predicted molar refractivity (Wildman–Crippen MR) is 58.0 cm³/mol. The Morgan fingerprint density at radius 3 is 2.71 bits per heavy atom. The summed E-state index contributed by atoms with van der Waals surface area (Å²) in [4.78, 5) is 0. The molecule has 0 bridgehead atoms. The molecule has 5 heteroatoms. The van der Waals surface area contributed by atoms with Crippen LogP contribution in [0.2, 0.25) is 5.02 Å².